The zero-order chi connectivity index (χ0) is 33.6. The SMILES string of the molecule is N#C/C(=C\c1ccc2c(c1)Oc1ccccc1N2CCCCCCN1c2ccccc2Oc2cc(/C=C(\C#N)C(=O)O)ccc21)C(=O)O. The van der Waals surface area contributed by atoms with Gasteiger partial charge in [-0.3, -0.25) is 0 Å². The molecule has 0 spiro atoms. The number of aliphatic carboxylic acids is 2. The second kappa shape index (κ2) is 13.9. The first kappa shape index (κ1) is 31.5. The van der Waals surface area contributed by atoms with E-state index in [2.05, 4.69) is 9.80 Å². The Kier molecular flexibility index (Phi) is 9.08. The summed E-state index contributed by atoms with van der Waals surface area (Å²) in [6, 6.07) is 29.9. The van der Waals surface area contributed by atoms with Crippen LogP contribution in [-0.4, -0.2) is 35.2 Å². The van der Waals surface area contributed by atoms with Gasteiger partial charge in [-0.1, -0.05) is 49.2 Å². The maximum Gasteiger partial charge on any atom is 0.346 e. The largest absolute Gasteiger partial charge is 0.477 e. The van der Waals surface area contributed by atoms with Crippen LogP contribution in [0, 0.1) is 22.7 Å². The summed E-state index contributed by atoms with van der Waals surface area (Å²) >= 11 is 0. The summed E-state index contributed by atoms with van der Waals surface area (Å²) in [5, 5.41) is 36.9. The number of anilines is 4. The molecule has 0 amide bonds. The molecule has 2 aliphatic rings. The van der Waals surface area contributed by atoms with Crippen LogP contribution in [0.15, 0.2) is 96.1 Å². The second-order valence-electron chi connectivity index (χ2n) is 11.3. The van der Waals surface area contributed by atoms with E-state index in [1.807, 2.05) is 60.7 Å². The molecule has 0 bridgehead atoms. The van der Waals surface area contributed by atoms with Crippen molar-refractivity contribution in [2.24, 2.45) is 0 Å². The van der Waals surface area contributed by atoms with Crippen LogP contribution in [0.25, 0.3) is 12.2 Å². The maximum atomic E-state index is 11.3. The van der Waals surface area contributed by atoms with Gasteiger partial charge in [-0.2, -0.15) is 10.5 Å². The molecule has 10 heteroatoms. The van der Waals surface area contributed by atoms with E-state index in [9.17, 15) is 30.3 Å². The van der Waals surface area contributed by atoms with Gasteiger partial charge in [0, 0.05) is 13.1 Å². The summed E-state index contributed by atoms with van der Waals surface area (Å²) in [6.45, 7) is 1.50. The Hall–Kier alpha value is -6.52. The number of rotatable bonds is 11. The fourth-order valence-electron chi connectivity index (χ4n) is 5.87. The van der Waals surface area contributed by atoms with Gasteiger partial charge in [0.15, 0.2) is 23.0 Å². The molecule has 2 aliphatic heterocycles. The van der Waals surface area contributed by atoms with E-state index >= 15 is 0 Å². The number of unbranched alkanes of at least 4 members (excludes halogenated alkanes) is 3. The van der Waals surface area contributed by atoms with Gasteiger partial charge in [0.05, 0.1) is 22.7 Å². The lowest BCUT2D eigenvalue weighted by Gasteiger charge is -2.33. The monoisotopic (exact) mass is 638 g/mol. The molecule has 48 heavy (non-hydrogen) atoms. The molecule has 2 N–H and O–H groups in total. The standard InChI is InChI=1S/C38H30N4O6/c39-23-27(37(43)44)19-25-13-15-31-35(21-25)47-33-11-5-3-9-29(33)41(31)17-7-1-2-8-18-42-30-10-4-6-12-34(30)48-36-22-26(14-16-32(36)42)20-28(24-40)38(45)46/h3-6,9-16,19-22H,1-2,7-8,17-18H2,(H,43,44)(H,45,46)/b27-19+,28-20+. The van der Waals surface area contributed by atoms with Gasteiger partial charge in [0.1, 0.15) is 23.3 Å². The molecule has 4 aromatic carbocycles. The Morgan fingerprint density at radius 3 is 1.38 bits per heavy atom. The molecule has 0 saturated carbocycles. The van der Waals surface area contributed by atoms with E-state index in [0.717, 1.165) is 61.5 Å². The predicted molar refractivity (Wildman–Crippen MR) is 181 cm³/mol. The molecule has 2 heterocycles. The van der Waals surface area contributed by atoms with Crippen LogP contribution in [0.3, 0.4) is 0 Å². The van der Waals surface area contributed by atoms with Gasteiger partial charge in [0.25, 0.3) is 0 Å². The van der Waals surface area contributed by atoms with Gasteiger partial charge in [0.2, 0.25) is 0 Å². The van der Waals surface area contributed by atoms with Crippen LogP contribution in [0.2, 0.25) is 0 Å². The molecule has 6 rings (SSSR count). The zero-order valence-corrected chi connectivity index (χ0v) is 25.8. The number of benzene rings is 4. The van der Waals surface area contributed by atoms with Crippen molar-refractivity contribution in [3.8, 4) is 35.1 Å². The molecule has 0 radical (unpaired) electrons. The molecule has 238 valence electrons. The number of nitriles is 2. The second-order valence-corrected chi connectivity index (χ2v) is 11.3. The molecule has 10 nitrogen and oxygen atoms in total. The minimum Gasteiger partial charge on any atom is -0.477 e. The number of para-hydroxylation sites is 4. The third-order valence-corrected chi connectivity index (χ3v) is 8.14. The first-order valence-electron chi connectivity index (χ1n) is 15.4. The Bertz CT molecular complexity index is 1910. The van der Waals surface area contributed by atoms with Gasteiger partial charge < -0.3 is 29.5 Å². The number of carboxylic acid groups (broad SMARTS) is 2. The predicted octanol–water partition coefficient (Wildman–Crippen LogP) is 8.42. The first-order chi connectivity index (χ1) is 23.4. The van der Waals surface area contributed by atoms with Crippen molar-refractivity contribution >= 4 is 46.8 Å². The van der Waals surface area contributed by atoms with Crippen LogP contribution in [0.5, 0.6) is 23.0 Å². The van der Waals surface area contributed by atoms with Crippen LogP contribution in [-0.2, 0) is 9.59 Å². The summed E-state index contributed by atoms with van der Waals surface area (Å²) in [5.41, 5.74) is 4.10. The van der Waals surface area contributed by atoms with E-state index in [1.54, 1.807) is 36.4 Å². The fourth-order valence-corrected chi connectivity index (χ4v) is 5.87. The number of fused-ring (bicyclic) bond motifs is 4. The number of nitrogens with zero attached hydrogens (tertiary/aromatic N) is 4. The van der Waals surface area contributed by atoms with Crippen molar-refractivity contribution < 1.29 is 29.3 Å². The average molecular weight is 639 g/mol. The summed E-state index contributed by atoms with van der Waals surface area (Å²) in [7, 11) is 0. The lowest BCUT2D eigenvalue weighted by Crippen LogP contribution is -2.23. The molecular formula is C38H30N4O6. The van der Waals surface area contributed by atoms with E-state index in [1.165, 1.54) is 12.2 Å². The molecule has 4 aromatic rings. The van der Waals surface area contributed by atoms with Gasteiger partial charge >= 0.3 is 11.9 Å². The van der Waals surface area contributed by atoms with Crippen LogP contribution in [0.1, 0.15) is 36.8 Å². The van der Waals surface area contributed by atoms with Crippen LogP contribution >= 0.6 is 0 Å². The van der Waals surface area contributed by atoms with E-state index in [4.69, 9.17) is 9.47 Å². The maximum absolute atomic E-state index is 11.3. The number of hydrogen-bond acceptors (Lipinski definition) is 8. The number of carboxylic acids is 2. The third kappa shape index (κ3) is 6.55. The Labute approximate surface area is 277 Å². The van der Waals surface area contributed by atoms with Gasteiger partial charge in [-0.05, 0) is 84.7 Å². The molecule has 0 aliphatic carbocycles. The van der Waals surface area contributed by atoms with Crippen LogP contribution in [0.4, 0.5) is 22.7 Å². The minimum atomic E-state index is -1.28. The summed E-state index contributed by atoms with van der Waals surface area (Å²) < 4.78 is 12.4. The lowest BCUT2D eigenvalue weighted by molar-refractivity contribution is -0.133. The highest BCUT2D eigenvalue weighted by Gasteiger charge is 2.26. The summed E-state index contributed by atoms with van der Waals surface area (Å²) in [5.74, 6) is 0.0556. The number of carbonyl (C=O) groups is 2. The van der Waals surface area contributed by atoms with Crippen molar-refractivity contribution in [3.63, 3.8) is 0 Å². The van der Waals surface area contributed by atoms with Crippen molar-refractivity contribution in [2.75, 3.05) is 22.9 Å². The number of ether oxygens (including phenoxy) is 2. The van der Waals surface area contributed by atoms with Crippen molar-refractivity contribution in [3.05, 3.63) is 107 Å². The Morgan fingerprint density at radius 1 is 0.583 bits per heavy atom. The number of hydrogen-bond donors (Lipinski definition) is 2. The molecule has 0 atom stereocenters. The Morgan fingerprint density at radius 2 is 0.979 bits per heavy atom. The molecule has 0 fully saturated rings. The van der Waals surface area contributed by atoms with E-state index in [0.29, 0.717) is 34.1 Å². The van der Waals surface area contributed by atoms with Gasteiger partial charge in [-0.25, -0.2) is 9.59 Å². The zero-order valence-electron chi connectivity index (χ0n) is 25.8. The van der Waals surface area contributed by atoms with Crippen LogP contribution < -0.4 is 19.3 Å². The average Bonchev–Trinajstić information content (AvgIpc) is 3.09. The third-order valence-electron chi connectivity index (χ3n) is 8.14. The minimum absolute atomic E-state index is 0.348. The van der Waals surface area contributed by atoms with Crippen molar-refractivity contribution in [1.82, 2.24) is 0 Å². The molecule has 0 unspecified atom stereocenters. The smallest absolute Gasteiger partial charge is 0.346 e. The van der Waals surface area contributed by atoms with Crippen molar-refractivity contribution in [1.29, 1.82) is 10.5 Å². The fraction of sp³-hybridized carbons (Fsp3) is 0.158. The molecular weight excluding hydrogens is 608 g/mol. The van der Waals surface area contributed by atoms with Gasteiger partial charge in [-0.15, -0.1) is 0 Å². The topological polar surface area (TPSA) is 147 Å². The van der Waals surface area contributed by atoms with E-state index in [-0.39, 0.29) is 11.1 Å². The van der Waals surface area contributed by atoms with E-state index < -0.39 is 11.9 Å². The normalized spacial score (nSPS) is 13.0. The Balaban J connectivity index is 1.12. The molecule has 0 aromatic heterocycles. The molecule has 0 saturated heterocycles. The summed E-state index contributed by atoms with van der Waals surface area (Å²) in [6.07, 6.45) is 6.47. The highest BCUT2D eigenvalue weighted by atomic mass is 16.5. The van der Waals surface area contributed by atoms with Crippen molar-refractivity contribution in [2.45, 2.75) is 25.7 Å². The highest BCUT2D eigenvalue weighted by Crippen LogP contribution is 2.48. The lowest BCUT2D eigenvalue weighted by atomic mass is 10.1. The first-order valence-corrected chi connectivity index (χ1v) is 15.4. The highest BCUT2D eigenvalue weighted by molar-refractivity contribution is 5.97. The summed E-state index contributed by atoms with van der Waals surface area (Å²) in [4.78, 5) is 27.1. The quantitative estimate of drug-likeness (QED) is 0.0932.